The van der Waals surface area contributed by atoms with Crippen molar-refractivity contribution in [1.82, 2.24) is 0 Å². The topological polar surface area (TPSA) is 71.1 Å². The Hall–Kier alpha value is -1.75. The van der Waals surface area contributed by atoms with Crippen LogP contribution in [0.3, 0.4) is 0 Å². The van der Waals surface area contributed by atoms with E-state index in [0.717, 1.165) is 42.9 Å². The van der Waals surface area contributed by atoms with Gasteiger partial charge in [0.2, 0.25) is 0 Å². The number of oxime groups is 1. The number of nitrogens with zero attached hydrogens (tertiary/aromatic N) is 2. The Morgan fingerprint density at radius 3 is 3.05 bits per heavy atom. The summed E-state index contributed by atoms with van der Waals surface area (Å²) in [5.74, 6) is 0.709. The molecule has 1 aromatic carbocycles. The van der Waals surface area contributed by atoms with Crippen molar-refractivity contribution in [3.8, 4) is 0 Å². The van der Waals surface area contributed by atoms with Crippen LogP contribution in [0.4, 0.5) is 5.69 Å². The smallest absolute Gasteiger partial charge is 0.172 e. The molecule has 1 aromatic rings. The molecule has 5 heteroatoms. The van der Waals surface area contributed by atoms with E-state index in [9.17, 15) is 0 Å². The molecule has 0 spiro atoms. The van der Waals surface area contributed by atoms with Crippen LogP contribution in [0.1, 0.15) is 17.5 Å². The van der Waals surface area contributed by atoms with Crippen LogP contribution < -0.4 is 10.6 Å². The second-order valence-corrected chi connectivity index (χ2v) is 5.06. The molecular formula is C14H21N3O2. The van der Waals surface area contributed by atoms with Gasteiger partial charge in [-0.2, -0.15) is 0 Å². The van der Waals surface area contributed by atoms with E-state index < -0.39 is 0 Å². The number of nitrogens with two attached hydrogens (primary N) is 1. The molecule has 1 fully saturated rings. The lowest BCUT2D eigenvalue weighted by Crippen LogP contribution is -2.25. The summed E-state index contributed by atoms with van der Waals surface area (Å²) in [6.45, 7) is 4.70. The third kappa shape index (κ3) is 2.98. The second-order valence-electron chi connectivity index (χ2n) is 5.06. The van der Waals surface area contributed by atoms with Gasteiger partial charge in [0.1, 0.15) is 0 Å². The van der Waals surface area contributed by atoms with E-state index in [-0.39, 0.29) is 5.84 Å². The van der Waals surface area contributed by atoms with Gasteiger partial charge in [0.05, 0.1) is 6.61 Å². The predicted octanol–water partition coefficient (Wildman–Crippen LogP) is 1.56. The summed E-state index contributed by atoms with van der Waals surface area (Å²) in [6, 6.07) is 6.04. The third-order valence-corrected chi connectivity index (χ3v) is 3.56. The zero-order valence-corrected chi connectivity index (χ0v) is 11.5. The summed E-state index contributed by atoms with van der Waals surface area (Å²) in [5.41, 5.74) is 8.69. The minimum atomic E-state index is 0.161. The highest BCUT2D eigenvalue weighted by Crippen LogP contribution is 2.28. The van der Waals surface area contributed by atoms with Crippen LogP contribution in [0.2, 0.25) is 0 Å². The van der Waals surface area contributed by atoms with E-state index in [1.54, 1.807) is 7.11 Å². The molecule has 1 saturated heterocycles. The standard InChI is InChI=1S/C14H21N3O2/c1-10-3-4-13(12(7-10)14(15)16-18)17-6-5-11(8-17)9-19-2/h3-4,7,11,18H,5-6,8-9H2,1-2H3,(H2,15,16). The molecule has 5 nitrogen and oxygen atoms in total. The van der Waals surface area contributed by atoms with Crippen LogP contribution in [0.5, 0.6) is 0 Å². The van der Waals surface area contributed by atoms with Crippen LogP contribution in [-0.2, 0) is 4.74 Å². The fraction of sp³-hybridized carbons (Fsp3) is 0.500. The number of aryl methyl sites for hydroxylation is 1. The van der Waals surface area contributed by atoms with Crippen LogP contribution in [0, 0.1) is 12.8 Å². The van der Waals surface area contributed by atoms with E-state index in [1.165, 1.54) is 0 Å². The molecule has 1 unspecified atom stereocenters. The van der Waals surface area contributed by atoms with Gasteiger partial charge in [-0.25, -0.2) is 0 Å². The molecule has 19 heavy (non-hydrogen) atoms. The molecule has 0 saturated carbocycles. The molecule has 1 aliphatic heterocycles. The van der Waals surface area contributed by atoms with E-state index in [4.69, 9.17) is 15.7 Å². The first-order valence-corrected chi connectivity index (χ1v) is 6.48. The lowest BCUT2D eigenvalue weighted by molar-refractivity contribution is 0.161. The van der Waals surface area contributed by atoms with Gasteiger partial charge in [0.25, 0.3) is 0 Å². The van der Waals surface area contributed by atoms with Crippen molar-refractivity contribution >= 4 is 11.5 Å². The van der Waals surface area contributed by atoms with Gasteiger partial charge in [-0.05, 0) is 25.5 Å². The first-order valence-electron chi connectivity index (χ1n) is 6.48. The number of methoxy groups -OCH3 is 1. The van der Waals surface area contributed by atoms with Gasteiger partial charge in [0.15, 0.2) is 5.84 Å². The fourth-order valence-corrected chi connectivity index (χ4v) is 2.61. The van der Waals surface area contributed by atoms with Gasteiger partial charge in [0, 0.05) is 37.4 Å². The summed E-state index contributed by atoms with van der Waals surface area (Å²) in [6.07, 6.45) is 1.11. The lowest BCUT2D eigenvalue weighted by Gasteiger charge is -2.22. The zero-order chi connectivity index (χ0) is 13.8. The fourth-order valence-electron chi connectivity index (χ4n) is 2.61. The Morgan fingerprint density at radius 1 is 1.58 bits per heavy atom. The van der Waals surface area contributed by atoms with E-state index in [0.29, 0.717) is 5.92 Å². The molecule has 0 aromatic heterocycles. The number of amidine groups is 1. The molecule has 0 aliphatic carbocycles. The predicted molar refractivity (Wildman–Crippen MR) is 75.9 cm³/mol. The van der Waals surface area contributed by atoms with Crippen molar-refractivity contribution < 1.29 is 9.94 Å². The Bertz CT molecular complexity index is 474. The Kier molecular flexibility index (Phi) is 4.27. The monoisotopic (exact) mass is 263 g/mol. The highest BCUT2D eigenvalue weighted by Gasteiger charge is 2.24. The average Bonchev–Trinajstić information content (AvgIpc) is 2.86. The first-order chi connectivity index (χ1) is 9.15. The van der Waals surface area contributed by atoms with Crippen molar-refractivity contribution in [2.24, 2.45) is 16.8 Å². The Morgan fingerprint density at radius 2 is 2.37 bits per heavy atom. The number of hydrogen-bond donors (Lipinski definition) is 2. The average molecular weight is 263 g/mol. The Labute approximate surface area is 113 Å². The van der Waals surface area contributed by atoms with E-state index >= 15 is 0 Å². The highest BCUT2D eigenvalue weighted by molar-refractivity contribution is 6.02. The minimum absolute atomic E-state index is 0.161. The quantitative estimate of drug-likeness (QED) is 0.374. The molecule has 0 radical (unpaired) electrons. The Balaban J connectivity index is 2.25. The molecule has 0 amide bonds. The molecule has 1 aliphatic rings. The van der Waals surface area contributed by atoms with Crippen molar-refractivity contribution in [2.75, 3.05) is 31.7 Å². The molecule has 1 heterocycles. The number of ether oxygens (including phenoxy) is 1. The van der Waals surface area contributed by atoms with Crippen LogP contribution in [-0.4, -0.2) is 37.8 Å². The lowest BCUT2D eigenvalue weighted by atomic mass is 10.1. The van der Waals surface area contributed by atoms with Gasteiger partial charge in [-0.15, -0.1) is 0 Å². The maximum atomic E-state index is 8.91. The molecule has 1 atom stereocenters. The van der Waals surface area contributed by atoms with E-state index in [2.05, 4.69) is 10.1 Å². The molecule has 0 bridgehead atoms. The molecule has 104 valence electrons. The summed E-state index contributed by atoms with van der Waals surface area (Å²) in [5, 5.41) is 12.0. The van der Waals surface area contributed by atoms with Gasteiger partial charge in [-0.1, -0.05) is 16.8 Å². The van der Waals surface area contributed by atoms with E-state index in [1.807, 2.05) is 25.1 Å². The first kappa shape index (κ1) is 13.7. The summed E-state index contributed by atoms with van der Waals surface area (Å²) < 4.78 is 5.21. The van der Waals surface area contributed by atoms with Crippen LogP contribution in [0.15, 0.2) is 23.4 Å². The SMILES string of the molecule is COCC1CCN(c2ccc(C)cc2/C(N)=N/O)C1. The number of benzene rings is 1. The van der Waals surface area contributed by atoms with Crippen molar-refractivity contribution in [2.45, 2.75) is 13.3 Å². The van der Waals surface area contributed by atoms with Gasteiger partial charge < -0.3 is 20.6 Å². The maximum Gasteiger partial charge on any atom is 0.172 e. The van der Waals surface area contributed by atoms with Crippen LogP contribution >= 0.6 is 0 Å². The number of hydrogen-bond acceptors (Lipinski definition) is 4. The largest absolute Gasteiger partial charge is 0.409 e. The van der Waals surface area contributed by atoms with Gasteiger partial charge >= 0.3 is 0 Å². The molecule has 2 rings (SSSR count). The van der Waals surface area contributed by atoms with Crippen molar-refractivity contribution in [3.05, 3.63) is 29.3 Å². The third-order valence-electron chi connectivity index (χ3n) is 3.56. The summed E-state index contributed by atoms with van der Waals surface area (Å²) in [7, 11) is 1.73. The second kappa shape index (κ2) is 5.93. The van der Waals surface area contributed by atoms with Crippen LogP contribution in [0.25, 0.3) is 0 Å². The highest BCUT2D eigenvalue weighted by atomic mass is 16.5. The minimum Gasteiger partial charge on any atom is -0.409 e. The zero-order valence-electron chi connectivity index (χ0n) is 11.5. The van der Waals surface area contributed by atoms with Crippen molar-refractivity contribution in [1.29, 1.82) is 0 Å². The normalized spacial score (nSPS) is 20.0. The van der Waals surface area contributed by atoms with Crippen molar-refractivity contribution in [3.63, 3.8) is 0 Å². The molecule has 3 N–H and O–H groups in total. The number of rotatable bonds is 4. The molecular weight excluding hydrogens is 242 g/mol. The summed E-state index contributed by atoms with van der Waals surface area (Å²) in [4.78, 5) is 2.27. The maximum absolute atomic E-state index is 8.91. The van der Waals surface area contributed by atoms with Gasteiger partial charge in [-0.3, -0.25) is 0 Å². The summed E-state index contributed by atoms with van der Waals surface area (Å²) >= 11 is 0. The number of anilines is 1.